The number of hydrogen-bond donors (Lipinski definition) is 2. The largest absolute Gasteiger partial charge is 0.322 e. The summed E-state index contributed by atoms with van der Waals surface area (Å²) in [6, 6.07) is 10.6. The molecule has 6 rings (SSSR count). The smallest absolute Gasteiger partial charge is 0.259 e. The van der Waals surface area contributed by atoms with Crippen LogP contribution >= 0.6 is 0 Å². The molecule has 8 nitrogen and oxygen atoms in total. The van der Waals surface area contributed by atoms with E-state index in [4.69, 9.17) is 0 Å². The van der Waals surface area contributed by atoms with Crippen LogP contribution in [0.15, 0.2) is 55.2 Å². The number of aryl methyl sites for hydroxylation is 1. The molecule has 37 heavy (non-hydrogen) atoms. The van der Waals surface area contributed by atoms with Gasteiger partial charge in [0.1, 0.15) is 17.8 Å². The van der Waals surface area contributed by atoms with Crippen LogP contribution in [0, 0.1) is 11.8 Å². The van der Waals surface area contributed by atoms with Crippen molar-refractivity contribution in [1.29, 1.82) is 0 Å². The number of nitrogens with zero attached hydrogens (tertiary/aromatic N) is 5. The zero-order valence-electron chi connectivity index (χ0n) is 21.8. The summed E-state index contributed by atoms with van der Waals surface area (Å²) in [6.07, 6.45) is 13.4. The molecule has 2 fully saturated rings. The summed E-state index contributed by atoms with van der Waals surface area (Å²) in [5, 5.41) is 15.4. The Hall–Kier alpha value is -3.52. The van der Waals surface area contributed by atoms with Gasteiger partial charge in [-0.1, -0.05) is 25.5 Å². The molecule has 3 aromatic heterocycles. The van der Waals surface area contributed by atoms with Crippen molar-refractivity contribution in [2.24, 2.45) is 18.9 Å². The topological polar surface area (TPSA) is 89.1 Å². The number of amides is 1. The van der Waals surface area contributed by atoms with E-state index < -0.39 is 0 Å². The summed E-state index contributed by atoms with van der Waals surface area (Å²) in [5.41, 5.74) is 4.06. The van der Waals surface area contributed by atoms with Crippen molar-refractivity contribution in [2.45, 2.75) is 64.0 Å². The van der Waals surface area contributed by atoms with E-state index in [0.717, 1.165) is 47.9 Å². The molecule has 0 unspecified atom stereocenters. The fourth-order valence-electron chi connectivity index (χ4n) is 6.23. The van der Waals surface area contributed by atoms with Crippen molar-refractivity contribution >= 4 is 17.2 Å². The molecule has 2 saturated carbocycles. The summed E-state index contributed by atoms with van der Waals surface area (Å²) < 4.78 is 3.95. The quantitative estimate of drug-likeness (QED) is 0.368. The molecule has 0 saturated heterocycles. The van der Waals surface area contributed by atoms with Crippen LogP contribution in [0.2, 0.25) is 0 Å². The Morgan fingerprint density at radius 2 is 2.08 bits per heavy atom. The number of aromatic nitrogens is 5. The molecule has 1 aromatic carbocycles. The van der Waals surface area contributed by atoms with E-state index in [9.17, 15) is 4.79 Å². The minimum atomic E-state index is -0.176. The lowest BCUT2D eigenvalue weighted by Gasteiger charge is -2.46. The average Bonchev–Trinajstić information content (AvgIpc) is 3.48. The third-order valence-electron chi connectivity index (χ3n) is 8.48. The molecule has 2 aliphatic carbocycles. The van der Waals surface area contributed by atoms with Gasteiger partial charge in [0.05, 0.1) is 11.0 Å². The highest BCUT2D eigenvalue weighted by molar-refractivity contribution is 6.08. The van der Waals surface area contributed by atoms with Crippen molar-refractivity contribution in [3.05, 3.63) is 77.8 Å². The van der Waals surface area contributed by atoms with Crippen LogP contribution < -0.4 is 10.6 Å². The summed E-state index contributed by atoms with van der Waals surface area (Å²) in [7, 11) is 2.00. The first-order chi connectivity index (χ1) is 17.9. The molecule has 1 amide bonds. The molecule has 4 aromatic rings. The number of imidazole rings is 1. The number of hydrogen-bond acceptors (Lipinski definition) is 5. The Morgan fingerprint density at radius 3 is 2.78 bits per heavy atom. The number of carbonyl (C=O) groups excluding carboxylic acids is 1. The normalized spacial score (nSPS) is 22.4. The van der Waals surface area contributed by atoms with E-state index in [-0.39, 0.29) is 11.3 Å². The molecule has 0 radical (unpaired) electrons. The molecule has 0 spiro atoms. The van der Waals surface area contributed by atoms with E-state index in [1.165, 1.54) is 19.3 Å². The summed E-state index contributed by atoms with van der Waals surface area (Å²) in [4.78, 5) is 18.0. The zero-order valence-corrected chi connectivity index (χ0v) is 21.8. The highest BCUT2D eigenvalue weighted by Gasteiger charge is 2.48. The fourth-order valence-corrected chi connectivity index (χ4v) is 6.23. The van der Waals surface area contributed by atoms with Gasteiger partial charge >= 0.3 is 0 Å². The number of fused-ring (bicyclic) bond motifs is 1. The van der Waals surface area contributed by atoms with E-state index in [1.807, 2.05) is 40.4 Å². The lowest BCUT2D eigenvalue weighted by molar-refractivity contribution is 0.102. The number of nitrogens with one attached hydrogen (secondary N) is 2. The van der Waals surface area contributed by atoms with Crippen molar-refractivity contribution in [3.8, 4) is 0 Å². The standard InChI is InChI=1S/C29H35N7O/c1-19-14-29(15-19,28-34-32-18-35(28)3)23-8-5-9-24(13-23)33-27(37)25-12-21(17-36-11-10-30-26(25)36)16-31-20(2)22-6-4-7-22/h5,8-13,17-20,22,31H,4,6-7,14-16H2,1-3H3,(H,33,37)/t19?,20-,29?/m0/s1. The summed E-state index contributed by atoms with van der Waals surface area (Å²) in [5.74, 6) is 2.20. The number of carbonyl (C=O) groups is 1. The van der Waals surface area contributed by atoms with Gasteiger partial charge in [-0.2, -0.15) is 0 Å². The maximum Gasteiger partial charge on any atom is 0.259 e. The van der Waals surface area contributed by atoms with Gasteiger partial charge in [0.2, 0.25) is 0 Å². The molecule has 8 heteroatoms. The highest BCUT2D eigenvalue weighted by atomic mass is 16.1. The molecule has 3 heterocycles. The van der Waals surface area contributed by atoms with Crippen LogP contribution in [0.3, 0.4) is 0 Å². The molecule has 192 valence electrons. The monoisotopic (exact) mass is 497 g/mol. The predicted octanol–water partition coefficient (Wildman–Crippen LogP) is 4.71. The SMILES string of the molecule is CC1CC(c2cccc(NC(=O)c3cc(CN[C@@H](C)C4CCC4)cn4ccnc34)c2)(c2nncn2C)C1. The van der Waals surface area contributed by atoms with Crippen molar-refractivity contribution < 1.29 is 4.79 Å². The Labute approximate surface area is 217 Å². The van der Waals surface area contributed by atoms with E-state index in [0.29, 0.717) is 23.2 Å². The number of rotatable bonds is 8. The average molecular weight is 498 g/mol. The first-order valence-electron chi connectivity index (χ1n) is 13.4. The molecule has 2 aliphatic rings. The van der Waals surface area contributed by atoms with E-state index in [2.05, 4.69) is 58.0 Å². The molecule has 0 bridgehead atoms. The van der Waals surface area contributed by atoms with Crippen LogP contribution in [0.1, 0.15) is 73.3 Å². The van der Waals surface area contributed by atoms with Crippen LogP contribution in [0.4, 0.5) is 5.69 Å². The second kappa shape index (κ2) is 9.41. The van der Waals surface area contributed by atoms with Crippen molar-refractivity contribution in [2.75, 3.05) is 5.32 Å². The number of pyridine rings is 1. The van der Waals surface area contributed by atoms with Gasteiger partial charge in [0.25, 0.3) is 5.91 Å². The van der Waals surface area contributed by atoms with Gasteiger partial charge in [0.15, 0.2) is 0 Å². The molecule has 2 N–H and O–H groups in total. The predicted molar refractivity (Wildman–Crippen MR) is 143 cm³/mol. The summed E-state index contributed by atoms with van der Waals surface area (Å²) >= 11 is 0. The summed E-state index contributed by atoms with van der Waals surface area (Å²) in [6.45, 7) is 5.25. The first-order valence-corrected chi connectivity index (χ1v) is 13.4. The van der Waals surface area contributed by atoms with Gasteiger partial charge in [0, 0.05) is 43.9 Å². The van der Waals surface area contributed by atoms with Crippen LogP contribution in [0.5, 0.6) is 0 Å². The third-order valence-corrected chi connectivity index (χ3v) is 8.48. The van der Waals surface area contributed by atoms with Crippen LogP contribution in [-0.4, -0.2) is 36.1 Å². The Bertz CT molecular complexity index is 1430. The molecular formula is C29H35N7O. The van der Waals surface area contributed by atoms with E-state index >= 15 is 0 Å². The number of anilines is 1. The Balaban J connectivity index is 1.25. The zero-order chi connectivity index (χ0) is 25.6. The van der Waals surface area contributed by atoms with Gasteiger partial charge in [-0.25, -0.2) is 4.98 Å². The minimum Gasteiger partial charge on any atom is -0.322 e. The van der Waals surface area contributed by atoms with Gasteiger partial charge in [-0.15, -0.1) is 10.2 Å². The Kier molecular flexibility index (Phi) is 6.07. The van der Waals surface area contributed by atoms with Crippen molar-refractivity contribution in [1.82, 2.24) is 29.5 Å². The lowest BCUT2D eigenvalue weighted by atomic mass is 9.58. The fraction of sp³-hybridized carbons (Fsp3) is 0.448. The molecule has 0 aliphatic heterocycles. The van der Waals surface area contributed by atoms with Gasteiger partial charge in [-0.05, 0) is 73.8 Å². The lowest BCUT2D eigenvalue weighted by Crippen LogP contribution is -2.43. The number of benzene rings is 1. The first kappa shape index (κ1) is 23.9. The Morgan fingerprint density at radius 1 is 1.24 bits per heavy atom. The second-order valence-electron chi connectivity index (χ2n) is 11.2. The van der Waals surface area contributed by atoms with Gasteiger partial charge < -0.3 is 19.6 Å². The van der Waals surface area contributed by atoms with E-state index in [1.54, 1.807) is 12.5 Å². The molecular weight excluding hydrogens is 462 g/mol. The van der Waals surface area contributed by atoms with Crippen LogP contribution in [0.25, 0.3) is 5.65 Å². The highest BCUT2D eigenvalue weighted by Crippen LogP contribution is 2.51. The van der Waals surface area contributed by atoms with Gasteiger partial charge in [-0.3, -0.25) is 4.79 Å². The molecule has 1 atom stereocenters. The maximum atomic E-state index is 13.5. The second-order valence-corrected chi connectivity index (χ2v) is 11.2. The third kappa shape index (κ3) is 4.33. The van der Waals surface area contributed by atoms with Crippen molar-refractivity contribution in [3.63, 3.8) is 0 Å². The van der Waals surface area contributed by atoms with Crippen LogP contribution in [-0.2, 0) is 19.0 Å². The minimum absolute atomic E-state index is 0.156. The maximum absolute atomic E-state index is 13.5.